The van der Waals surface area contributed by atoms with E-state index in [1.54, 1.807) is 0 Å². The van der Waals surface area contributed by atoms with Gasteiger partial charge in [-0.3, -0.25) is 4.90 Å². The highest BCUT2D eigenvalue weighted by Gasteiger charge is 2.19. The van der Waals surface area contributed by atoms with Gasteiger partial charge in [-0.1, -0.05) is 29.8 Å². The summed E-state index contributed by atoms with van der Waals surface area (Å²) in [6.45, 7) is 7.25. The molecule has 0 aliphatic carbocycles. The number of hydrogen-bond acceptors (Lipinski definition) is 4. The molecule has 21 heavy (non-hydrogen) atoms. The van der Waals surface area contributed by atoms with Crippen LogP contribution in [-0.2, 0) is 6.54 Å². The molecule has 0 atom stereocenters. The minimum absolute atomic E-state index is 0.179. The molecule has 1 aromatic carbocycles. The van der Waals surface area contributed by atoms with Crippen LogP contribution < -0.4 is 9.47 Å². The molecule has 0 radical (unpaired) electrons. The molecule has 0 spiro atoms. The SMILES string of the molecule is CCC(CC)N(CCO)Cc1cc2c(cc1Br)OCCO2. The lowest BCUT2D eigenvalue weighted by atomic mass is 10.1. The van der Waals surface area contributed by atoms with E-state index in [0.29, 0.717) is 25.8 Å². The van der Waals surface area contributed by atoms with Crippen molar-refractivity contribution in [1.29, 1.82) is 0 Å². The van der Waals surface area contributed by atoms with Gasteiger partial charge in [0.2, 0.25) is 0 Å². The number of hydrogen-bond donors (Lipinski definition) is 1. The summed E-state index contributed by atoms with van der Waals surface area (Å²) in [5.41, 5.74) is 1.17. The first-order chi connectivity index (χ1) is 10.2. The largest absolute Gasteiger partial charge is 0.486 e. The summed E-state index contributed by atoms with van der Waals surface area (Å²) in [5.74, 6) is 1.61. The summed E-state index contributed by atoms with van der Waals surface area (Å²) in [6, 6.07) is 4.51. The zero-order valence-corrected chi connectivity index (χ0v) is 14.4. The van der Waals surface area contributed by atoms with E-state index in [9.17, 15) is 5.11 Å². The van der Waals surface area contributed by atoms with Gasteiger partial charge in [-0.15, -0.1) is 0 Å². The van der Waals surface area contributed by atoms with Crippen molar-refractivity contribution in [2.75, 3.05) is 26.4 Å². The van der Waals surface area contributed by atoms with E-state index in [0.717, 1.165) is 35.4 Å². The molecular weight excluding hydrogens is 334 g/mol. The molecule has 0 saturated carbocycles. The fraction of sp³-hybridized carbons (Fsp3) is 0.625. The molecule has 118 valence electrons. The maximum absolute atomic E-state index is 9.32. The average molecular weight is 358 g/mol. The number of aliphatic hydroxyl groups is 1. The Kier molecular flexibility index (Phi) is 6.33. The van der Waals surface area contributed by atoms with Gasteiger partial charge in [-0.05, 0) is 30.5 Å². The zero-order valence-electron chi connectivity index (χ0n) is 12.8. The molecule has 1 aliphatic heterocycles. The molecule has 4 nitrogen and oxygen atoms in total. The van der Waals surface area contributed by atoms with Gasteiger partial charge in [0.05, 0.1) is 6.61 Å². The van der Waals surface area contributed by atoms with Crippen molar-refractivity contribution in [2.45, 2.75) is 39.3 Å². The molecule has 2 rings (SSSR count). The van der Waals surface area contributed by atoms with E-state index in [4.69, 9.17) is 9.47 Å². The quantitative estimate of drug-likeness (QED) is 0.813. The van der Waals surface area contributed by atoms with Crippen LogP contribution in [-0.4, -0.2) is 42.4 Å². The predicted molar refractivity (Wildman–Crippen MR) is 87.0 cm³/mol. The average Bonchev–Trinajstić information content (AvgIpc) is 2.49. The monoisotopic (exact) mass is 357 g/mol. The van der Waals surface area contributed by atoms with Crippen molar-refractivity contribution in [3.05, 3.63) is 22.2 Å². The number of halogens is 1. The van der Waals surface area contributed by atoms with Gasteiger partial charge in [0.25, 0.3) is 0 Å². The number of benzene rings is 1. The molecule has 0 saturated heterocycles. The Labute approximate surface area is 135 Å². The highest BCUT2D eigenvalue weighted by atomic mass is 79.9. The van der Waals surface area contributed by atoms with Crippen LogP contribution in [0.15, 0.2) is 16.6 Å². The third-order valence-corrected chi connectivity index (χ3v) is 4.67. The van der Waals surface area contributed by atoms with Gasteiger partial charge >= 0.3 is 0 Å². The number of fused-ring (bicyclic) bond motifs is 1. The maximum atomic E-state index is 9.32. The molecule has 1 aliphatic rings. The van der Waals surface area contributed by atoms with Crippen molar-refractivity contribution in [3.63, 3.8) is 0 Å². The van der Waals surface area contributed by atoms with Gasteiger partial charge in [-0.2, -0.15) is 0 Å². The molecule has 1 aromatic rings. The van der Waals surface area contributed by atoms with E-state index >= 15 is 0 Å². The van der Waals surface area contributed by atoms with Crippen LogP contribution in [0.25, 0.3) is 0 Å². The Hall–Kier alpha value is -0.780. The van der Waals surface area contributed by atoms with E-state index < -0.39 is 0 Å². The number of aliphatic hydroxyl groups excluding tert-OH is 1. The second-order valence-electron chi connectivity index (χ2n) is 5.25. The van der Waals surface area contributed by atoms with E-state index in [1.807, 2.05) is 12.1 Å². The first-order valence-electron chi connectivity index (χ1n) is 7.62. The summed E-state index contributed by atoms with van der Waals surface area (Å²) in [5, 5.41) is 9.32. The second kappa shape index (κ2) is 8.01. The van der Waals surface area contributed by atoms with Gasteiger partial charge in [-0.25, -0.2) is 0 Å². The molecule has 5 heteroatoms. The van der Waals surface area contributed by atoms with E-state index in [1.165, 1.54) is 5.56 Å². The lowest BCUT2D eigenvalue weighted by Gasteiger charge is -2.30. The Morgan fingerprint density at radius 1 is 1.19 bits per heavy atom. The van der Waals surface area contributed by atoms with Crippen molar-refractivity contribution in [1.82, 2.24) is 4.90 Å². The van der Waals surface area contributed by atoms with E-state index in [2.05, 4.69) is 34.7 Å². The number of ether oxygens (including phenoxy) is 2. The summed E-state index contributed by atoms with van der Waals surface area (Å²) in [4.78, 5) is 2.33. The van der Waals surface area contributed by atoms with Crippen LogP contribution in [0.1, 0.15) is 32.3 Å². The first-order valence-corrected chi connectivity index (χ1v) is 8.41. The minimum atomic E-state index is 0.179. The van der Waals surface area contributed by atoms with Gasteiger partial charge < -0.3 is 14.6 Å². The predicted octanol–water partition coefficient (Wildman–Crippen LogP) is 3.20. The molecule has 0 fully saturated rings. The Balaban J connectivity index is 2.19. The molecule has 1 heterocycles. The lowest BCUT2D eigenvalue weighted by molar-refractivity contribution is 0.135. The zero-order chi connectivity index (χ0) is 15.2. The van der Waals surface area contributed by atoms with Gasteiger partial charge in [0.1, 0.15) is 13.2 Å². The third kappa shape index (κ3) is 4.11. The third-order valence-electron chi connectivity index (χ3n) is 3.93. The Bertz CT molecular complexity index is 463. The first kappa shape index (κ1) is 16.6. The van der Waals surface area contributed by atoms with Crippen LogP contribution in [0, 0.1) is 0 Å². The molecule has 0 aromatic heterocycles. The number of nitrogens with zero attached hydrogens (tertiary/aromatic N) is 1. The molecular formula is C16H24BrNO3. The van der Waals surface area contributed by atoms with Crippen molar-refractivity contribution < 1.29 is 14.6 Å². The van der Waals surface area contributed by atoms with Crippen LogP contribution in [0.3, 0.4) is 0 Å². The van der Waals surface area contributed by atoms with Crippen molar-refractivity contribution in [2.24, 2.45) is 0 Å². The highest BCUT2D eigenvalue weighted by molar-refractivity contribution is 9.10. The normalized spacial score (nSPS) is 14.0. The second-order valence-corrected chi connectivity index (χ2v) is 6.11. The van der Waals surface area contributed by atoms with E-state index in [-0.39, 0.29) is 6.61 Å². The molecule has 1 N–H and O–H groups in total. The van der Waals surface area contributed by atoms with Crippen molar-refractivity contribution in [3.8, 4) is 11.5 Å². The summed E-state index contributed by atoms with van der Waals surface area (Å²) >= 11 is 3.62. The van der Waals surface area contributed by atoms with Crippen LogP contribution in [0.5, 0.6) is 11.5 Å². The van der Waals surface area contributed by atoms with Gasteiger partial charge in [0.15, 0.2) is 11.5 Å². The summed E-state index contributed by atoms with van der Waals surface area (Å²) in [7, 11) is 0. The standard InChI is InChI=1S/C16H24BrNO3/c1-3-13(4-2)18(5-6-19)11-12-9-15-16(10-14(12)17)21-8-7-20-15/h9-10,13,19H,3-8,11H2,1-2H3. The molecule has 0 amide bonds. The number of rotatable bonds is 7. The summed E-state index contributed by atoms with van der Waals surface area (Å²) < 4.78 is 12.3. The maximum Gasteiger partial charge on any atom is 0.162 e. The fourth-order valence-electron chi connectivity index (χ4n) is 2.77. The van der Waals surface area contributed by atoms with Gasteiger partial charge in [0, 0.05) is 23.6 Å². The van der Waals surface area contributed by atoms with Crippen LogP contribution >= 0.6 is 15.9 Å². The van der Waals surface area contributed by atoms with Crippen molar-refractivity contribution >= 4 is 15.9 Å². The molecule has 0 bridgehead atoms. The van der Waals surface area contributed by atoms with Crippen LogP contribution in [0.2, 0.25) is 0 Å². The Morgan fingerprint density at radius 3 is 2.38 bits per heavy atom. The fourth-order valence-corrected chi connectivity index (χ4v) is 3.22. The van der Waals surface area contributed by atoms with Crippen LogP contribution in [0.4, 0.5) is 0 Å². The highest BCUT2D eigenvalue weighted by Crippen LogP contribution is 2.36. The lowest BCUT2D eigenvalue weighted by Crippen LogP contribution is -2.36. The Morgan fingerprint density at radius 2 is 1.81 bits per heavy atom. The smallest absolute Gasteiger partial charge is 0.162 e. The topological polar surface area (TPSA) is 41.9 Å². The molecule has 0 unspecified atom stereocenters. The summed E-state index contributed by atoms with van der Waals surface area (Å²) in [6.07, 6.45) is 2.16. The minimum Gasteiger partial charge on any atom is -0.486 e.